The highest BCUT2D eigenvalue weighted by Crippen LogP contribution is 2.31. The smallest absolute Gasteiger partial charge is 0.326 e. The first-order valence-corrected chi connectivity index (χ1v) is 12.5. The molecule has 0 saturated heterocycles. The molecule has 0 bridgehead atoms. The molecule has 2 heterocycles. The number of benzene rings is 3. The van der Waals surface area contributed by atoms with Crippen LogP contribution < -0.4 is 10.6 Å². The highest BCUT2D eigenvalue weighted by molar-refractivity contribution is 6.30. The van der Waals surface area contributed by atoms with Crippen LogP contribution in [0.1, 0.15) is 21.5 Å². The molecule has 0 fully saturated rings. The molecule has 0 aliphatic heterocycles. The largest absolute Gasteiger partial charge is 0.480 e. The standard InChI is InChI=1S/C30H25ClN4O3/c31-24-13-7-12-22(17-24)27-28(32-19-21-10-5-2-6-11-21)35-15-14-23(18-26(35)34-27)29(36)33-25(30(37)38)16-20-8-3-1-4-9-20/h1-15,17-18,25,32H,16,19H2,(H,33,36)(H,37,38). The lowest BCUT2D eigenvalue weighted by Gasteiger charge is -2.15. The maximum Gasteiger partial charge on any atom is 0.326 e. The molecule has 8 heteroatoms. The molecule has 3 aromatic carbocycles. The van der Waals surface area contributed by atoms with Gasteiger partial charge in [0.25, 0.3) is 5.91 Å². The number of nitrogens with one attached hydrogen (secondary N) is 2. The quantitative estimate of drug-likeness (QED) is 0.230. The number of pyridine rings is 1. The molecule has 5 rings (SSSR count). The normalized spacial score (nSPS) is 11.7. The fourth-order valence-corrected chi connectivity index (χ4v) is 4.46. The van der Waals surface area contributed by atoms with Crippen molar-refractivity contribution in [3.8, 4) is 11.3 Å². The van der Waals surface area contributed by atoms with Gasteiger partial charge in [-0.05, 0) is 35.4 Å². The van der Waals surface area contributed by atoms with Gasteiger partial charge in [-0.15, -0.1) is 0 Å². The van der Waals surface area contributed by atoms with Crippen molar-refractivity contribution in [2.45, 2.75) is 19.0 Å². The van der Waals surface area contributed by atoms with E-state index >= 15 is 0 Å². The fraction of sp³-hybridized carbons (Fsp3) is 0.100. The van der Waals surface area contributed by atoms with Crippen LogP contribution in [-0.4, -0.2) is 32.4 Å². The molecule has 7 nitrogen and oxygen atoms in total. The predicted octanol–water partition coefficient (Wildman–Crippen LogP) is 5.69. The van der Waals surface area contributed by atoms with Gasteiger partial charge < -0.3 is 15.7 Å². The summed E-state index contributed by atoms with van der Waals surface area (Å²) in [5, 5.41) is 16.4. The molecular weight excluding hydrogens is 500 g/mol. The molecule has 0 aliphatic carbocycles. The van der Waals surface area contributed by atoms with Gasteiger partial charge in [-0.1, -0.05) is 84.4 Å². The van der Waals surface area contributed by atoms with Crippen LogP contribution in [0.5, 0.6) is 0 Å². The summed E-state index contributed by atoms with van der Waals surface area (Å²) in [6.07, 6.45) is 1.94. The Morgan fingerprint density at radius 2 is 1.61 bits per heavy atom. The third-order valence-corrected chi connectivity index (χ3v) is 6.41. The van der Waals surface area contributed by atoms with Crippen LogP contribution in [0.2, 0.25) is 5.02 Å². The molecule has 3 N–H and O–H groups in total. The Morgan fingerprint density at radius 1 is 0.895 bits per heavy atom. The minimum Gasteiger partial charge on any atom is -0.480 e. The summed E-state index contributed by atoms with van der Waals surface area (Å²) in [6.45, 7) is 0.574. The van der Waals surface area contributed by atoms with Crippen LogP contribution in [0.3, 0.4) is 0 Å². The highest BCUT2D eigenvalue weighted by atomic mass is 35.5. The van der Waals surface area contributed by atoms with E-state index < -0.39 is 17.9 Å². The zero-order valence-electron chi connectivity index (χ0n) is 20.3. The van der Waals surface area contributed by atoms with Gasteiger partial charge in [-0.2, -0.15) is 0 Å². The summed E-state index contributed by atoms with van der Waals surface area (Å²) in [5.41, 5.74) is 4.30. The van der Waals surface area contributed by atoms with Crippen LogP contribution in [0.25, 0.3) is 16.9 Å². The lowest BCUT2D eigenvalue weighted by atomic mass is 10.1. The molecule has 2 aromatic heterocycles. The Morgan fingerprint density at radius 3 is 2.29 bits per heavy atom. The number of hydrogen-bond acceptors (Lipinski definition) is 4. The van der Waals surface area contributed by atoms with E-state index in [1.807, 2.05) is 83.3 Å². The van der Waals surface area contributed by atoms with Gasteiger partial charge >= 0.3 is 5.97 Å². The SMILES string of the molecule is O=C(NC(Cc1ccccc1)C(=O)O)c1ccn2c(NCc3ccccc3)c(-c3cccc(Cl)c3)nc2c1. The lowest BCUT2D eigenvalue weighted by molar-refractivity contribution is -0.139. The van der Waals surface area contributed by atoms with Gasteiger partial charge in [0.1, 0.15) is 23.2 Å². The van der Waals surface area contributed by atoms with E-state index in [9.17, 15) is 14.7 Å². The third kappa shape index (κ3) is 5.68. The monoisotopic (exact) mass is 524 g/mol. The second-order valence-corrected chi connectivity index (χ2v) is 9.29. The number of aromatic nitrogens is 2. The minimum absolute atomic E-state index is 0.181. The van der Waals surface area contributed by atoms with Crippen molar-refractivity contribution in [2.24, 2.45) is 0 Å². The van der Waals surface area contributed by atoms with E-state index in [0.29, 0.717) is 28.5 Å². The summed E-state index contributed by atoms with van der Waals surface area (Å²) in [4.78, 5) is 29.7. The second kappa shape index (κ2) is 11.2. The van der Waals surface area contributed by atoms with E-state index in [-0.39, 0.29) is 6.42 Å². The van der Waals surface area contributed by atoms with Crippen LogP contribution in [0.4, 0.5) is 5.82 Å². The number of halogens is 1. The van der Waals surface area contributed by atoms with Crippen LogP contribution in [-0.2, 0) is 17.8 Å². The molecule has 1 unspecified atom stereocenters. The molecule has 190 valence electrons. The molecule has 1 atom stereocenters. The molecule has 1 amide bonds. The molecule has 0 saturated carbocycles. The molecule has 0 spiro atoms. The average molecular weight is 525 g/mol. The highest BCUT2D eigenvalue weighted by Gasteiger charge is 2.22. The average Bonchev–Trinajstić information content (AvgIpc) is 3.30. The summed E-state index contributed by atoms with van der Waals surface area (Å²) in [6, 6.07) is 28.9. The van der Waals surface area contributed by atoms with Crippen LogP contribution in [0, 0.1) is 0 Å². The Kier molecular flexibility index (Phi) is 7.38. The summed E-state index contributed by atoms with van der Waals surface area (Å²) in [5.74, 6) is -0.827. The van der Waals surface area contributed by atoms with E-state index in [1.54, 1.807) is 24.4 Å². The third-order valence-electron chi connectivity index (χ3n) is 6.18. The van der Waals surface area contributed by atoms with Crippen LogP contribution >= 0.6 is 11.6 Å². The number of carboxylic acid groups (broad SMARTS) is 1. The Labute approximate surface area is 224 Å². The van der Waals surface area contributed by atoms with Crippen molar-refractivity contribution in [1.82, 2.24) is 14.7 Å². The lowest BCUT2D eigenvalue weighted by Crippen LogP contribution is -2.42. The molecule has 0 aliphatic rings. The topological polar surface area (TPSA) is 95.7 Å². The maximum atomic E-state index is 13.1. The number of anilines is 1. The summed E-state index contributed by atoms with van der Waals surface area (Å²) < 4.78 is 1.87. The summed E-state index contributed by atoms with van der Waals surface area (Å²) >= 11 is 6.26. The number of hydrogen-bond donors (Lipinski definition) is 3. The summed E-state index contributed by atoms with van der Waals surface area (Å²) in [7, 11) is 0. The van der Waals surface area contributed by atoms with Crippen LogP contribution in [0.15, 0.2) is 103 Å². The Hall–Kier alpha value is -4.62. The first-order valence-electron chi connectivity index (χ1n) is 12.1. The van der Waals surface area contributed by atoms with Gasteiger partial charge in [0.05, 0.1) is 0 Å². The Bertz CT molecular complexity index is 1590. The van der Waals surface area contributed by atoms with Gasteiger partial charge in [0.15, 0.2) is 0 Å². The van der Waals surface area contributed by atoms with Crippen molar-refractivity contribution >= 4 is 34.9 Å². The van der Waals surface area contributed by atoms with E-state index in [0.717, 1.165) is 22.5 Å². The number of rotatable bonds is 9. The van der Waals surface area contributed by atoms with Gasteiger partial charge in [0.2, 0.25) is 0 Å². The minimum atomic E-state index is -1.10. The fourth-order valence-electron chi connectivity index (χ4n) is 4.27. The Balaban J connectivity index is 1.45. The number of carboxylic acids is 1. The van der Waals surface area contributed by atoms with Crippen molar-refractivity contribution in [1.29, 1.82) is 0 Å². The molecular formula is C30H25ClN4O3. The number of carbonyl (C=O) groups is 2. The molecule has 38 heavy (non-hydrogen) atoms. The van der Waals surface area contributed by atoms with Gasteiger partial charge in [0, 0.05) is 35.3 Å². The number of carbonyl (C=O) groups excluding carboxylic acids is 1. The molecule has 5 aromatic rings. The number of aliphatic carboxylic acids is 1. The number of fused-ring (bicyclic) bond motifs is 1. The first kappa shape index (κ1) is 25.0. The van der Waals surface area contributed by atoms with E-state index in [2.05, 4.69) is 10.6 Å². The molecule has 0 radical (unpaired) electrons. The van der Waals surface area contributed by atoms with Crippen molar-refractivity contribution in [3.05, 3.63) is 125 Å². The van der Waals surface area contributed by atoms with E-state index in [1.165, 1.54) is 0 Å². The number of amides is 1. The van der Waals surface area contributed by atoms with Gasteiger partial charge in [-0.25, -0.2) is 9.78 Å². The van der Waals surface area contributed by atoms with Crippen molar-refractivity contribution in [3.63, 3.8) is 0 Å². The zero-order chi connectivity index (χ0) is 26.5. The van der Waals surface area contributed by atoms with E-state index in [4.69, 9.17) is 16.6 Å². The zero-order valence-corrected chi connectivity index (χ0v) is 21.1. The number of nitrogens with zero attached hydrogens (tertiary/aromatic N) is 2. The predicted molar refractivity (Wildman–Crippen MR) is 148 cm³/mol. The van der Waals surface area contributed by atoms with Crippen molar-refractivity contribution < 1.29 is 14.7 Å². The number of imidazole rings is 1. The second-order valence-electron chi connectivity index (χ2n) is 8.86. The maximum absolute atomic E-state index is 13.1. The first-order chi connectivity index (χ1) is 18.5. The van der Waals surface area contributed by atoms with Crippen molar-refractivity contribution in [2.75, 3.05) is 5.32 Å². The van der Waals surface area contributed by atoms with Gasteiger partial charge in [-0.3, -0.25) is 9.20 Å².